The molecular weight excluding hydrogens is 212 g/mol. The Morgan fingerprint density at radius 1 is 1.56 bits per heavy atom. The minimum Gasteiger partial charge on any atom is -0.462 e. The molecule has 0 aliphatic carbocycles. The van der Waals surface area contributed by atoms with Gasteiger partial charge in [-0.1, -0.05) is 0 Å². The minimum atomic E-state index is -0.518. The number of carbonyl (C=O) groups is 1. The third-order valence-corrected chi connectivity index (χ3v) is 1.98. The van der Waals surface area contributed by atoms with Crippen LogP contribution in [0, 0.1) is 10.1 Å². The van der Waals surface area contributed by atoms with Crippen LogP contribution >= 0.6 is 0 Å². The molecule has 0 heterocycles. The van der Waals surface area contributed by atoms with E-state index in [2.05, 4.69) is 5.32 Å². The lowest BCUT2D eigenvalue weighted by Crippen LogP contribution is -2.08. The third-order valence-electron chi connectivity index (χ3n) is 1.98. The van der Waals surface area contributed by atoms with Crippen LogP contribution in [0.5, 0.6) is 0 Å². The molecule has 0 bridgehead atoms. The second-order valence-electron chi connectivity index (χ2n) is 2.96. The lowest BCUT2D eigenvalue weighted by molar-refractivity contribution is -0.384. The van der Waals surface area contributed by atoms with Crippen LogP contribution in [-0.2, 0) is 4.74 Å². The van der Waals surface area contributed by atoms with Crippen molar-refractivity contribution in [1.82, 2.24) is 0 Å². The smallest absolute Gasteiger partial charge is 0.340 e. The van der Waals surface area contributed by atoms with Crippen LogP contribution in [0.1, 0.15) is 17.3 Å². The Kier molecular flexibility index (Phi) is 3.82. The molecule has 0 saturated carbocycles. The summed E-state index contributed by atoms with van der Waals surface area (Å²) in [5.41, 5.74) is 0.597. The number of hydrogen-bond donors (Lipinski definition) is 1. The number of rotatable bonds is 4. The highest BCUT2D eigenvalue weighted by Gasteiger charge is 2.15. The van der Waals surface area contributed by atoms with Crippen molar-refractivity contribution in [2.24, 2.45) is 0 Å². The molecule has 0 unspecified atom stereocenters. The van der Waals surface area contributed by atoms with Gasteiger partial charge in [0.1, 0.15) is 0 Å². The first-order valence-corrected chi connectivity index (χ1v) is 4.73. The summed E-state index contributed by atoms with van der Waals surface area (Å²) in [7, 11) is 1.59. The topological polar surface area (TPSA) is 81.5 Å². The van der Waals surface area contributed by atoms with Gasteiger partial charge in [-0.25, -0.2) is 4.79 Å². The molecule has 0 spiro atoms. The van der Waals surface area contributed by atoms with Gasteiger partial charge < -0.3 is 10.1 Å². The van der Waals surface area contributed by atoms with E-state index in [0.717, 1.165) is 0 Å². The molecule has 0 aromatic heterocycles. The van der Waals surface area contributed by atoms with E-state index >= 15 is 0 Å². The van der Waals surface area contributed by atoms with E-state index in [-0.39, 0.29) is 17.9 Å². The van der Waals surface area contributed by atoms with E-state index in [1.807, 2.05) is 0 Å². The number of nitrogens with one attached hydrogen (secondary N) is 1. The molecule has 6 heteroatoms. The number of benzene rings is 1. The number of nitro benzene ring substituents is 1. The second-order valence-corrected chi connectivity index (χ2v) is 2.96. The van der Waals surface area contributed by atoms with Gasteiger partial charge in [0.25, 0.3) is 5.69 Å². The van der Waals surface area contributed by atoms with Gasteiger partial charge in [0, 0.05) is 19.2 Å². The molecule has 0 aliphatic heterocycles. The number of nitro groups is 1. The molecule has 0 aliphatic rings. The normalized spacial score (nSPS) is 9.62. The summed E-state index contributed by atoms with van der Waals surface area (Å²) in [6.45, 7) is 1.96. The molecule has 0 amide bonds. The Bertz CT molecular complexity index is 417. The van der Waals surface area contributed by atoms with Crippen molar-refractivity contribution < 1.29 is 14.5 Å². The maximum absolute atomic E-state index is 11.5. The fourth-order valence-electron chi connectivity index (χ4n) is 1.24. The van der Waals surface area contributed by atoms with Crippen LogP contribution in [-0.4, -0.2) is 24.5 Å². The summed E-state index contributed by atoms with van der Waals surface area (Å²) in [6, 6.07) is 3.95. The zero-order valence-corrected chi connectivity index (χ0v) is 9.02. The number of nitrogens with zero attached hydrogens (tertiary/aromatic N) is 1. The van der Waals surface area contributed by atoms with Gasteiger partial charge in [-0.2, -0.15) is 0 Å². The summed E-state index contributed by atoms with van der Waals surface area (Å²) in [5.74, 6) is -0.498. The molecule has 1 rings (SSSR count). The molecule has 1 aromatic carbocycles. The van der Waals surface area contributed by atoms with Crippen molar-refractivity contribution in [1.29, 1.82) is 0 Å². The summed E-state index contributed by atoms with van der Waals surface area (Å²) >= 11 is 0. The quantitative estimate of drug-likeness (QED) is 0.479. The minimum absolute atomic E-state index is 0.0719. The molecule has 6 nitrogen and oxygen atoms in total. The van der Waals surface area contributed by atoms with Crippen molar-refractivity contribution in [3.8, 4) is 0 Å². The molecule has 16 heavy (non-hydrogen) atoms. The summed E-state index contributed by atoms with van der Waals surface area (Å²) in [6.07, 6.45) is 0. The van der Waals surface area contributed by atoms with Gasteiger partial charge in [0.2, 0.25) is 0 Å². The number of hydrogen-bond acceptors (Lipinski definition) is 5. The van der Waals surface area contributed by atoms with Crippen LogP contribution in [0.25, 0.3) is 0 Å². The van der Waals surface area contributed by atoms with E-state index in [1.54, 1.807) is 14.0 Å². The monoisotopic (exact) mass is 224 g/mol. The molecule has 1 N–H and O–H groups in total. The standard InChI is InChI=1S/C10H12N2O4/c1-3-16-10(13)8-5-4-7(12(14)15)6-9(8)11-2/h4-6,11H,3H2,1-2H3. The van der Waals surface area contributed by atoms with Crippen molar-refractivity contribution in [3.63, 3.8) is 0 Å². The highest BCUT2D eigenvalue weighted by Crippen LogP contribution is 2.22. The number of ether oxygens (including phenoxy) is 1. The van der Waals surface area contributed by atoms with E-state index in [0.29, 0.717) is 5.69 Å². The molecule has 0 radical (unpaired) electrons. The van der Waals surface area contributed by atoms with Crippen LogP contribution in [0.15, 0.2) is 18.2 Å². The van der Waals surface area contributed by atoms with Gasteiger partial charge in [0.05, 0.1) is 22.8 Å². The van der Waals surface area contributed by atoms with Gasteiger partial charge in [-0.15, -0.1) is 0 Å². The predicted molar refractivity (Wildman–Crippen MR) is 58.6 cm³/mol. The lowest BCUT2D eigenvalue weighted by atomic mass is 10.1. The highest BCUT2D eigenvalue weighted by molar-refractivity contribution is 5.96. The molecule has 1 aromatic rings. The zero-order valence-electron chi connectivity index (χ0n) is 9.02. The van der Waals surface area contributed by atoms with E-state index in [1.165, 1.54) is 18.2 Å². The predicted octanol–water partition coefficient (Wildman–Crippen LogP) is 1.81. The highest BCUT2D eigenvalue weighted by atomic mass is 16.6. The number of esters is 1. The lowest BCUT2D eigenvalue weighted by Gasteiger charge is -2.07. The first-order chi connectivity index (χ1) is 7.60. The molecule has 0 fully saturated rings. The van der Waals surface area contributed by atoms with Crippen molar-refractivity contribution in [2.75, 3.05) is 19.0 Å². The van der Waals surface area contributed by atoms with Gasteiger partial charge >= 0.3 is 5.97 Å². The van der Waals surface area contributed by atoms with Crippen LogP contribution in [0.2, 0.25) is 0 Å². The number of carbonyl (C=O) groups excluding carboxylic acids is 1. The largest absolute Gasteiger partial charge is 0.462 e. The first kappa shape index (κ1) is 12.0. The Balaban J connectivity index is 3.11. The van der Waals surface area contributed by atoms with Gasteiger partial charge in [-0.3, -0.25) is 10.1 Å². The SMILES string of the molecule is CCOC(=O)c1ccc([N+](=O)[O-])cc1NC. The fraction of sp³-hybridized carbons (Fsp3) is 0.300. The average Bonchev–Trinajstić information content (AvgIpc) is 2.28. The van der Waals surface area contributed by atoms with Gasteiger partial charge in [0.15, 0.2) is 0 Å². The number of anilines is 1. The Labute approximate surface area is 92.4 Å². The van der Waals surface area contributed by atoms with Crippen molar-refractivity contribution in [3.05, 3.63) is 33.9 Å². The Hall–Kier alpha value is -2.11. The maximum atomic E-state index is 11.5. The van der Waals surface area contributed by atoms with Crippen LogP contribution in [0.3, 0.4) is 0 Å². The zero-order chi connectivity index (χ0) is 12.1. The van der Waals surface area contributed by atoms with E-state index in [4.69, 9.17) is 4.74 Å². The Morgan fingerprint density at radius 2 is 2.25 bits per heavy atom. The molecule has 0 saturated heterocycles. The fourth-order valence-corrected chi connectivity index (χ4v) is 1.24. The van der Waals surface area contributed by atoms with Crippen molar-refractivity contribution in [2.45, 2.75) is 6.92 Å². The molecular formula is C10H12N2O4. The summed E-state index contributed by atoms with van der Waals surface area (Å²) in [5, 5.41) is 13.3. The summed E-state index contributed by atoms with van der Waals surface area (Å²) in [4.78, 5) is 21.5. The maximum Gasteiger partial charge on any atom is 0.340 e. The van der Waals surface area contributed by atoms with E-state index in [9.17, 15) is 14.9 Å². The Morgan fingerprint density at radius 3 is 2.75 bits per heavy atom. The van der Waals surface area contributed by atoms with Crippen LogP contribution < -0.4 is 5.32 Å². The third kappa shape index (κ3) is 2.47. The molecule has 0 atom stereocenters. The van der Waals surface area contributed by atoms with Crippen molar-refractivity contribution >= 4 is 17.3 Å². The first-order valence-electron chi connectivity index (χ1n) is 4.73. The molecule has 86 valence electrons. The summed E-state index contributed by atoms with van der Waals surface area (Å²) < 4.78 is 4.82. The van der Waals surface area contributed by atoms with Gasteiger partial charge in [-0.05, 0) is 13.0 Å². The number of non-ortho nitro benzene ring substituents is 1. The average molecular weight is 224 g/mol. The van der Waals surface area contributed by atoms with Crippen LogP contribution in [0.4, 0.5) is 11.4 Å². The second kappa shape index (κ2) is 5.11. The van der Waals surface area contributed by atoms with E-state index < -0.39 is 10.9 Å².